The van der Waals surface area contributed by atoms with E-state index in [4.69, 9.17) is 4.98 Å². The molecule has 26 heavy (non-hydrogen) atoms. The quantitative estimate of drug-likeness (QED) is 0.616. The van der Waals surface area contributed by atoms with Crippen LogP contribution in [0.25, 0.3) is 10.9 Å². The topological polar surface area (TPSA) is 19.4 Å². The Morgan fingerprint density at radius 2 is 1.58 bits per heavy atom. The van der Waals surface area contributed by atoms with Crippen molar-refractivity contribution in [3.63, 3.8) is 0 Å². The van der Waals surface area contributed by atoms with Gasteiger partial charge in [-0.1, -0.05) is 24.3 Å². The Balaban J connectivity index is 1.56. The molecule has 0 saturated carbocycles. The second kappa shape index (κ2) is 7.20. The highest BCUT2D eigenvalue weighted by Crippen LogP contribution is 2.28. The first-order valence-corrected chi connectivity index (χ1v) is 10.4. The maximum atomic E-state index is 4.98. The van der Waals surface area contributed by atoms with Crippen LogP contribution in [0.4, 0.5) is 11.5 Å². The maximum Gasteiger partial charge on any atom is 0.129 e. The van der Waals surface area contributed by atoms with Crippen molar-refractivity contribution < 1.29 is 0 Å². The van der Waals surface area contributed by atoms with Crippen LogP contribution in [0.5, 0.6) is 0 Å². The van der Waals surface area contributed by atoms with Gasteiger partial charge in [0.15, 0.2) is 0 Å². The molecule has 0 amide bonds. The third-order valence-corrected chi connectivity index (χ3v) is 6.00. The predicted octanol–water partition coefficient (Wildman–Crippen LogP) is 4.90. The fourth-order valence-corrected chi connectivity index (χ4v) is 4.18. The van der Waals surface area contributed by atoms with Crippen molar-refractivity contribution in [1.29, 1.82) is 0 Å². The molecule has 3 aromatic rings. The van der Waals surface area contributed by atoms with E-state index in [0.717, 1.165) is 37.5 Å². The maximum absolute atomic E-state index is 4.98. The van der Waals surface area contributed by atoms with Gasteiger partial charge in [0, 0.05) is 42.1 Å². The Hall–Kier alpha value is -2.20. The van der Waals surface area contributed by atoms with Crippen molar-refractivity contribution in [2.45, 2.75) is 18.7 Å². The standard InChI is InChI=1S/C22H25N3S/c1-16-6-4-5-7-21(16)24-10-12-25(13-11-24)22-14-17(2)19-9-8-18(26-3)15-20(19)23-22/h4-9,14-15H,10-13H2,1-3H3. The molecule has 4 heteroatoms. The van der Waals surface area contributed by atoms with Crippen LogP contribution in [0.1, 0.15) is 11.1 Å². The number of rotatable bonds is 3. The smallest absolute Gasteiger partial charge is 0.129 e. The molecule has 1 aliphatic heterocycles. The molecule has 0 spiro atoms. The van der Waals surface area contributed by atoms with Crippen molar-refractivity contribution >= 4 is 34.2 Å². The minimum absolute atomic E-state index is 1.01. The molecule has 0 radical (unpaired) electrons. The van der Waals surface area contributed by atoms with E-state index in [2.05, 4.69) is 78.4 Å². The van der Waals surface area contributed by atoms with Crippen molar-refractivity contribution in [1.82, 2.24) is 4.98 Å². The zero-order chi connectivity index (χ0) is 18.1. The zero-order valence-electron chi connectivity index (χ0n) is 15.7. The second-order valence-electron chi connectivity index (χ2n) is 6.94. The highest BCUT2D eigenvalue weighted by molar-refractivity contribution is 7.98. The molecule has 1 aromatic heterocycles. The number of thioether (sulfide) groups is 1. The van der Waals surface area contributed by atoms with Gasteiger partial charge in [0.2, 0.25) is 0 Å². The lowest BCUT2D eigenvalue weighted by Crippen LogP contribution is -2.47. The minimum atomic E-state index is 1.01. The van der Waals surface area contributed by atoms with E-state index in [9.17, 15) is 0 Å². The van der Waals surface area contributed by atoms with Crippen molar-refractivity contribution in [3.05, 3.63) is 59.7 Å². The summed E-state index contributed by atoms with van der Waals surface area (Å²) in [4.78, 5) is 11.2. The summed E-state index contributed by atoms with van der Waals surface area (Å²) < 4.78 is 0. The van der Waals surface area contributed by atoms with Crippen molar-refractivity contribution in [2.24, 2.45) is 0 Å². The molecular formula is C22H25N3S. The highest BCUT2D eigenvalue weighted by atomic mass is 32.2. The molecule has 4 rings (SSSR count). The largest absolute Gasteiger partial charge is 0.368 e. The Kier molecular flexibility index (Phi) is 4.77. The van der Waals surface area contributed by atoms with E-state index in [1.165, 1.54) is 27.1 Å². The van der Waals surface area contributed by atoms with Gasteiger partial charge in [0.05, 0.1) is 5.52 Å². The van der Waals surface area contributed by atoms with Crippen LogP contribution in [0, 0.1) is 13.8 Å². The van der Waals surface area contributed by atoms with Gasteiger partial charge in [0.25, 0.3) is 0 Å². The van der Waals surface area contributed by atoms with Gasteiger partial charge in [-0.15, -0.1) is 11.8 Å². The number of anilines is 2. The third kappa shape index (κ3) is 3.26. The summed E-state index contributed by atoms with van der Waals surface area (Å²) in [5, 5.41) is 1.25. The summed E-state index contributed by atoms with van der Waals surface area (Å²) >= 11 is 1.77. The lowest BCUT2D eigenvalue weighted by Gasteiger charge is -2.37. The molecule has 1 aliphatic rings. The van der Waals surface area contributed by atoms with E-state index in [-0.39, 0.29) is 0 Å². The molecule has 0 unspecified atom stereocenters. The number of aryl methyl sites for hydroxylation is 2. The number of pyridine rings is 1. The van der Waals surface area contributed by atoms with E-state index in [0.29, 0.717) is 0 Å². The SMILES string of the molecule is CSc1ccc2c(C)cc(N3CCN(c4ccccc4C)CC3)nc2c1. The fourth-order valence-electron chi connectivity index (χ4n) is 3.75. The molecule has 0 atom stereocenters. The van der Waals surface area contributed by atoms with Crippen LogP contribution < -0.4 is 9.80 Å². The van der Waals surface area contributed by atoms with E-state index < -0.39 is 0 Å². The van der Waals surface area contributed by atoms with Crippen molar-refractivity contribution in [2.75, 3.05) is 42.2 Å². The van der Waals surface area contributed by atoms with Gasteiger partial charge >= 0.3 is 0 Å². The molecule has 2 aromatic carbocycles. The molecule has 3 nitrogen and oxygen atoms in total. The van der Waals surface area contributed by atoms with Gasteiger partial charge in [-0.05, 0) is 55.5 Å². The Labute approximate surface area is 160 Å². The molecule has 134 valence electrons. The van der Waals surface area contributed by atoms with Crippen LogP contribution in [-0.4, -0.2) is 37.4 Å². The molecule has 0 bridgehead atoms. The molecular weight excluding hydrogens is 338 g/mol. The highest BCUT2D eigenvalue weighted by Gasteiger charge is 2.20. The monoisotopic (exact) mass is 363 g/mol. The van der Waals surface area contributed by atoms with Crippen LogP contribution >= 0.6 is 11.8 Å². The third-order valence-electron chi connectivity index (χ3n) is 5.27. The second-order valence-corrected chi connectivity index (χ2v) is 7.82. The average molecular weight is 364 g/mol. The summed E-state index contributed by atoms with van der Waals surface area (Å²) in [5.74, 6) is 1.11. The number of piperazine rings is 1. The summed E-state index contributed by atoms with van der Waals surface area (Å²) in [6, 6.07) is 17.5. The number of hydrogen-bond donors (Lipinski definition) is 0. The van der Waals surface area contributed by atoms with Crippen LogP contribution in [-0.2, 0) is 0 Å². The first-order chi connectivity index (χ1) is 12.7. The van der Waals surface area contributed by atoms with E-state index in [1.54, 1.807) is 11.8 Å². The summed E-state index contributed by atoms with van der Waals surface area (Å²) in [7, 11) is 0. The summed E-state index contributed by atoms with van der Waals surface area (Å²) in [6.07, 6.45) is 2.11. The minimum Gasteiger partial charge on any atom is -0.368 e. The number of fused-ring (bicyclic) bond motifs is 1. The summed E-state index contributed by atoms with van der Waals surface area (Å²) in [6.45, 7) is 8.47. The number of hydrogen-bond acceptors (Lipinski definition) is 4. The summed E-state index contributed by atoms with van der Waals surface area (Å²) in [5.41, 5.74) is 5.12. The lowest BCUT2D eigenvalue weighted by atomic mass is 10.1. The van der Waals surface area contributed by atoms with Crippen LogP contribution in [0.2, 0.25) is 0 Å². The number of nitrogens with zero attached hydrogens (tertiary/aromatic N) is 3. The number of para-hydroxylation sites is 1. The molecule has 0 aliphatic carbocycles. The van der Waals surface area contributed by atoms with Gasteiger partial charge in [-0.2, -0.15) is 0 Å². The molecule has 1 fully saturated rings. The predicted molar refractivity (Wildman–Crippen MR) is 114 cm³/mol. The fraction of sp³-hybridized carbons (Fsp3) is 0.318. The lowest BCUT2D eigenvalue weighted by molar-refractivity contribution is 0.647. The molecule has 2 heterocycles. The van der Waals surface area contributed by atoms with E-state index in [1.807, 2.05) is 0 Å². The van der Waals surface area contributed by atoms with Gasteiger partial charge in [-0.3, -0.25) is 0 Å². The Morgan fingerprint density at radius 1 is 0.846 bits per heavy atom. The van der Waals surface area contributed by atoms with Crippen LogP contribution in [0.3, 0.4) is 0 Å². The average Bonchev–Trinajstić information content (AvgIpc) is 2.68. The van der Waals surface area contributed by atoms with E-state index >= 15 is 0 Å². The number of aromatic nitrogens is 1. The van der Waals surface area contributed by atoms with Gasteiger partial charge in [0.1, 0.15) is 5.82 Å². The Bertz CT molecular complexity index is 930. The van der Waals surface area contributed by atoms with Gasteiger partial charge in [-0.25, -0.2) is 4.98 Å². The first kappa shape index (κ1) is 17.2. The normalized spacial score (nSPS) is 14.9. The molecule has 1 saturated heterocycles. The Morgan fingerprint density at radius 3 is 2.31 bits per heavy atom. The zero-order valence-corrected chi connectivity index (χ0v) is 16.5. The molecule has 0 N–H and O–H groups in total. The van der Waals surface area contributed by atoms with Crippen molar-refractivity contribution in [3.8, 4) is 0 Å². The number of benzene rings is 2. The van der Waals surface area contributed by atoms with Gasteiger partial charge < -0.3 is 9.80 Å². The van der Waals surface area contributed by atoms with Crippen LogP contribution in [0.15, 0.2) is 53.4 Å². The first-order valence-electron chi connectivity index (χ1n) is 9.16.